The average molecular weight is 677 g/mol. The molecule has 0 spiro atoms. The molecule has 1 saturated heterocycles. The quantitative estimate of drug-likeness (QED) is 0.201. The summed E-state index contributed by atoms with van der Waals surface area (Å²) >= 11 is 0. The first-order chi connectivity index (χ1) is 23.6. The Labute approximate surface area is 294 Å². The second kappa shape index (κ2) is 13.5. The van der Waals surface area contributed by atoms with Crippen molar-refractivity contribution in [3.8, 4) is 22.4 Å². The number of piperidine rings is 1. The van der Waals surface area contributed by atoms with Crippen LogP contribution >= 0.6 is 0 Å². The van der Waals surface area contributed by atoms with E-state index < -0.39 is 23.6 Å². The lowest BCUT2D eigenvalue weighted by atomic mass is 9.81. The van der Waals surface area contributed by atoms with Crippen molar-refractivity contribution >= 4 is 23.4 Å². The number of fused-ring (bicyclic) bond motifs is 1. The molecule has 3 N–H and O–H groups in total. The van der Waals surface area contributed by atoms with E-state index in [9.17, 15) is 14.7 Å². The number of hydrogen-bond acceptors (Lipinski definition) is 8. The number of nitrogens with zero attached hydrogens (tertiary/aromatic N) is 5. The van der Waals surface area contributed by atoms with Crippen molar-refractivity contribution in [3.05, 3.63) is 88.2 Å². The van der Waals surface area contributed by atoms with Gasteiger partial charge in [0.15, 0.2) is 11.9 Å². The van der Waals surface area contributed by atoms with E-state index in [4.69, 9.17) is 15.5 Å². The van der Waals surface area contributed by atoms with Gasteiger partial charge in [-0.05, 0) is 82.1 Å². The molecule has 1 fully saturated rings. The van der Waals surface area contributed by atoms with Gasteiger partial charge in [0.1, 0.15) is 0 Å². The molecule has 262 valence electrons. The predicted octanol–water partition coefficient (Wildman–Crippen LogP) is 7.05. The number of benzene rings is 2. The second-order valence-corrected chi connectivity index (χ2v) is 15.4. The lowest BCUT2D eigenvalue weighted by molar-refractivity contribution is -0.160. The summed E-state index contributed by atoms with van der Waals surface area (Å²) in [4.78, 5) is 34.9. The number of nitrogens with two attached hydrogens (primary N) is 1. The number of aliphatic carboxylic acids is 1. The number of anilines is 2. The van der Waals surface area contributed by atoms with E-state index in [0.717, 1.165) is 59.6 Å². The van der Waals surface area contributed by atoms with Gasteiger partial charge in [0.05, 0.1) is 22.5 Å². The number of primary amides is 1. The minimum absolute atomic E-state index is 0.209. The molecule has 4 heterocycles. The molecule has 2 aliphatic heterocycles. The van der Waals surface area contributed by atoms with Crippen LogP contribution in [0.3, 0.4) is 0 Å². The third-order valence-electron chi connectivity index (χ3n) is 9.89. The highest BCUT2D eigenvalue weighted by Gasteiger charge is 2.37. The van der Waals surface area contributed by atoms with Gasteiger partial charge in [-0.15, -0.1) is 10.2 Å². The van der Waals surface area contributed by atoms with E-state index in [1.54, 1.807) is 6.07 Å². The maximum atomic E-state index is 12.9. The SMILES string of the molecule is Cc1nc(C)c(C(OC(C)(C)C)C(=O)O)c(N2CCC(C)(C)CC2)c1-c1ccc2c(c1)CCN(c1nnc(-c3ccccc3)cc1C(N)=O)C2. The van der Waals surface area contributed by atoms with Crippen LogP contribution in [-0.2, 0) is 22.5 Å². The van der Waals surface area contributed by atoms with Gasteiger partial charge in [-0.3, -0.25) is 9.78 Å². The Morgan fingerprint density at radius 3 is 2.24 bits per heavy atom. The number of aromatic nitrogens is 3. The molecule has 6 rings (SSSR count). The number of pyridine rings is 1. The number of carbonyl (C=O) groups excluding carboxylic acids is 1. The van der Waals surface area contributed by atoms with Crippen molar-refractivity contribution in [1.29, 1.82) is 0 Å². The molecule has 2 aliphatic rings. The van der Waals surface area contributed by atoms with Gasteiger partial charge >= 0.3 is 5.97 Å². The number of carboxylic acid groups (broad SMARTS) is 1. The Bertz CT molecular complexity index is 1920. The van der Waals surface area contributed by atoms with Gasteiger partial charge in [-0.2, -0.15) is 0 Å². The van der Waals surface area contributed by atoms with Gasteiger partial charge in [0.2, 0.25) is 0 Å². The number of amides is 1. The third-order valence-corrected chi connectivity index (χ3v) is 9.89. The van der Waals surface area contributed by atoms with E-state index >= 15 is 0 Å². The number of rotatable bonds is 8. The standard InChI is InChI=1S/C40H48N6O4/c1-24-32(34(45-19-16-40(6,7)17-20-45)33(25(2)42-24)35(38(48)49)50-39(3,4)5)28-13-14-29-23-46(18-15-27(29)21-28)37-30(36(41)47)22-31(43-44-37)26-11-9-8-10-12-26/h8-14,21-22,35H,15-20,23H2,1-7H3,(H2,41,47)(H,48,49). The van der Waals surface area contributed by atoms with Gasteiger partial charge in [-0.1, -0.05) is 62.4 Å². The number of carbonyl (C=O) groups is 2. The number of hydrogen-bond donors (Lipinski definition) is 2. The maximum absolute atomic E-state index is 12.9. The van der Waals surface area contributed by atoms with Gasteiger partial charge in [0.25, 0.3) is 5.91 Å². The van der Waals surface area contributed by atoms with Crippen LogP contribution in [0.15, 0.2) is 54.6 Å². The Kier molecular flexibility index (Phi) is 9.43. The summed E-state index contributed by atoms with van der Waals surface area (Å²) < 4.78 is 6.26. The van der Waals surface area contributed by atoms with Crippen molar-refractivity contribution in [2.75, 3.05) is 29.4 Å². The summed E-state index contributed by atoms with van der Waals surface area (Å²) in [5.74, 6) is -1.10. The molecule has 0 bridgehead atoms. The van der Waals surface area contributed by atoms with Crippen molar-refractivity contribution in [2.24, 2.45) is 11.1 Å². The fourth-order valence-corrected chi connectivity index (χ4v) is 7.19. The molecule has 2 aromatic carbocycles. The summed E-state index contributed by atoms with van der Waals surface area (Å²) in [7, 11) is 0. The molecule has 1 atom stereocenters. The lowest BCUT2D eigenvalue weighted by Gasteiger charge is -2.41. The van der Waals surface area contributed by atoms with Crippen LogP contribution in [0.1, 0.15) is 92.0 Å². The van der Waals surface area contributed by atoms with Crippen LogP contribution in [0, 0.1) is 19.3 Å². The van der Waals surface area contributed by atoms with Crippen LogP contribution in [-0.4, -0.2) is 57.4 Å². The molecular weight excluding hydrogens is 628 g/mol. The van der Waals surface area contributed by atoms with Crippen molar-refractivity contribution < 1.29 is 19.4 Å². The summed E-state index contributed by atoms with van der Waals surface area (Å²) in [6, 6.07) is 17.8. The number of carboxylic acids is 1. The zero-order valence-electron chi connectivity index (χ0n) is 30.2. The molecular formula is C40H48N6O4. The van der Waals surface area contributed by atoms with Crippen molar-refractivity contribution in [2.45, 2.75) is 86.0 Å². The van der Waals surface area contributed by atoms with Crippen LogP contribution in [0.25, 0.3) is 22.4 Å². The molecule has 1 unspecified atom stereocenters. The third kappa shape index (κ3) is 7.21. The van der Waals surface area contributed by atoms with E-state index in [-0.39, 0.29) is 5.41 Å². The molecule has 50 heavy (non-hydrogen) atoms. The molecule has 10 heteroatoms. The molecule has 10 nitrogen and oxygen atoms in total. The molecule has 0 aliphatic carbocycles. The highest BCUT2D eigenvalue weighted by molar-refractivity contribution is 5.98. The predicted molar refractivity (Wildman–Crippen MR) is 196 cm³/mol. The van der Waals surface area contributed by atoms with Gasteiger partial charge in [-0.25, -0.2) is 4.79 Å². The lowest BCUT2D eigenvalue weighted by Crippen LogP contribution is -2.39. The fraction of sp³-hybridized carbons (Fsp3) is 0.425. The first kappa shape index (κ1) is 35.0. The molecule has 2 aromatic heterocycles. The van der Waals surface area contributed by atoms with Crippen molar-refractivity contribution in [3.63, 3.8) is 0 Å². The molecule has 4 aromatic rings. The van der Waals surface area contributed by atoms with Crippen LogP contribution < -0.4 is 15.5 Å². The van der Waals surface area contributed by atoms with Crippen LogP contribution in [0.4, 0.5) is 11.5 Å². The van der Waals surface area contributed by atoms with Gasteiger partial charge in [0, 0.05) is 54.3 Å². The van der Waals surface area contributed by atoms with E-state index in [1.165, 1.54) is 5.56 Å². The first-order valence-corrected chi connectivity index (χ1v) is 17.4. The van der Waals surface area contributed by atoms with Crippen molar-refractivity contribution in [1.82, 2.24) is 15.2 Å². The molecule has 0 radical (unpaired) electrons. The zero-order chi connectivity index (χ0) is 36.0. The van der Waals surface area contributed by atoms with Crippen LogP contribution in [0.5, 0.6) is 0 Å². The molecule has 0 saturated carbocycles. The first-order valence-electron chi connectivity index (χ1n) is 17.4. The number of ether oxygens (including phenoxy) is 1. The minimum atomic E-state index is -1.17. The summed E-state index contributed by atoms with van der Waals surface area (Å²) in [6.45, 7) is 16.9. The Hall–Kier alpha value is -4.83. The highest BCUT2D eigenvalue weighted by Crippen LogP contribution is 2.45. The summed E-state index contributed by atoms with van der Waals surface area (Å²) in [5, 5.41) is 19.5. The van der Waals surface area contributed by atoms with Gasteiger partial charge < -0.3 is 25.4 Å². The monoisotopic (exact) mass is 676 g/mol. The fourth-order valence-electron chi connectivity index (χ4n) is 7.19. The Balaban J connectivity index is 1.40. The topological polar surface area (TPSA) is 135 Å². The normalized spacial score (nSPS) is 16.5. The number of aryl methyl sites for hydroxylation is 2. The van der Waals surface area contributed by atoms with E-state index in [0.29, 0.717) is 47.8 Å². The summed E-state index contributed by atoms with van der Waals surface area (Å²) in [6.07, 6.45) is 1.53. The smallest absolute Gasteiger partial charge is 0.337 e. The largest absolute Gasteiger partial charge is 0.479 e. The Morgan fingerprint density at radius 1 is 0.900 bits per heavy atom. The van der Waals surface area contributed by atoms with E-state index in [1.807, 2.05) is 65.0 Å². The Morgan fingerprint density at radius 2 is 1.60 bits per heavy atom. The molecule has 1 amide bonds. The van der Waals surface area contributed by atoms with Crippen LogP contribution in [0.2, 0.25) is 0 Å². The zero-order valence-corrected chi connectivity index (χ0v) is 30.2. The average Bonchev–Trinajstić information content (AvgIpc) is 3.06. The second-order valence-electron chi connectivity index (χ2n) is 15.4. The van der Waals surface area contributed by atoms with E-state index in [2.05, 4.69) is 52.0 Å². The maximum Gasteiger partial charge on any atom is 0.337 e. The summed E-state index contributed by atoms with van der Waals surface area (Å²) in [5.41, 5.74) is 14.5. The highest BCUT2D eigenvalue weighted by atomic mass is 16.5. The minimum Gasteiger partial charge on any atom is -0.479 e.